The van der Waals surface area contributed by atoms with Gasteiger partial charge in [-0.05, 0) is 69.6 Å². The van der Waals surface area contributed by atoms with Crippen molar-refractivity contribution in [2.75, 3.05) is 6.61 Å². The van der Waals surface area contributed by atoms with Crippen molar-refractivity contribution in [2.24, 2.45) is 0 Å². The molecule has 1 aliphatic rings. The van der Waals surface area contributed by atoms with E-state index in [1.165, 1.54) is 24.3 Å². The molecule has 1 N–H and O–H groups in total. The summed E-state index contributed by atoms with van der Waals surface area (Å²) in [5.41, 5.74) is -0.0687. The number of aliphatic hydroxyl groups excluding tert-OH is 1. The predicted octanol–water partition coefficient (Wildman–Crippen LogP) is 2.36. The summed E-state index contributed by atoms with van der Waals surface area (Å²) in [5.74, 6) is 0.494. The second-order valence-corrected chi connectivity index (χ2v) is 8.91. The van der Waals surface area contributed by atoms with E-state index in [0.717, 1.165) is 5.46 Å². The standard InChI is InChI=1S/C20H24BFO8S/c1-19(2)20(3,4)30-21(29-19)14-5-7-15(8-6-14)26-18(13-23)27-16-9-11-17(12-10-16)28-31(22,24)25/h5-12,18,23H,13H2,1-4H3. The molecule has 3 rings (SSSR count). The van der Waals surface area contributed by atoms with Gasteiger partial charge in [-0.1, -0.05) is 16.0 Å². The number of aliphatic hydroxyl groups is 1. The zero-order valence-electron chi connectivity index (χ0n) is 17.6. The van der Waals surface area contributed by atoms with Crippen molar-refractivity contribution in [1.82, 2.24) is 0 Å². The van der Waals surface area contributed by atoms with Crippen molar-refractivity contribution in [1.29, 1.82) is 0 Å². The molecular formula is C20H24BFO8S. The zero-order chi connectivity index (χ0) is 22.9. The highest BCUT2D eigenvalue weighted by Crippen LogP contribution is 2.36. The molecule has 0 bridgehead atoms. The Hall–Kier alpha value is -2.34. The van der Waals surface area contributed by atoms with Crippen molar-refractivity contribution in [3.05, 3.63) is 48.5 Å². The first-order chi connectivity index (χ1) is 14.4. The van der Waals surface area contributed by atoms with Crippen LogP contribution >= 0.6 is 0 Å². The molecule has 1 heterocycles. The molecule has 0 spiro atoms. The second kappa shape index (κ2) is 8.66. The van der Waals surface area contributed by atoms with Crippen molar-refractivity contribution >= 4 is 23.1 Å². The van der Waals surface area contributed by atoms with Gasteiger partial charge in [-0.3, -0.25) is 0 Å². The van der Waals surface area contributed by atoms with Crippen LogP contribution in [0.3, 0.4) is 0 Å². The van der Waals surface area contributed by atoms with Crippen LogP contribution in [0.1, 0.15) is 27.7 Å². The maximum absolute atomic E-state index is 12.5. The third-order valence-electron chi connectivity index (χ3n) is 5.11. The maximum Gasteiger partial charge on any atom is 0.494 e. The van der Waals surface area contributed by atoms with E-state index in [0.29, 0.717) is 5.75 Å². The Morgan fingerprint density at radius 2 is 1.32 bits per heavy atom. The number of ether oxygens (including phenoxy) is 2. The molecule has 0 aromatic heterocycles. The number of hydrogen-bond donors (Lipinski definition) is 1. The molecule has 0 radical (unpaired) electrons. The number of benzene rings is 2. The van der Waals surface area contributed by atoms with E-state index in [4.69, 9.17) is 18.8 Å². The molecule has 0 amide bonds. The van der Waals surface area contributed by atoms with Gasteiger partial charge in [-0.25, -0.2) is 0 Å². The van der Waals surface area contributed by atoms with E-state index in [2.05, 4.69) is 4.18 Å². The Morgan fingerprint density at radius 1 is 0.903 bits per heavy atom. The predicted molar refractivity (Wildman–Crippen MR) is 111 cm³/mol. The molecule has 1 saturated heterocycles. The van der Waals surface area contributed by atoms with Crippen molar-refractivity contribution in [3.63, 3.8) is 0 Å². The summed E-state index contributed by atoms with van der Waals surface area (Å²) >= 11 is 0. The summed E-state index contributed by atoms with van der Waals surface area (Å²) in [6.45, 7) is 7.45. The topological polar surface area (TPSA) is 101 Å². The smallest absolute Gasteiger partial charge is 0.452 e. The molecule has 31 heavy (non-hydrogen) atoms. The fourth-order valence-corrected chi connectivity index (χ4v) is 3.11. The quantitative estimate of drug-likeness (QED) is 0.369. The van der Waals surface area contributed by atoms with Gasteiger partial charge in [0.2, 0.25) is 0 Å². The van der Waals surface area contributed by atoms with Gasteiger partial charge >= 0.3 is 17.6 Å². The van der Waals surface area contributed by atoms with Crippen LogP contribution in [0.25, 0.3) is 0 Å². The number of hydrogen-bond acceptors (Lipinski definition) is 8. The summed E-state index contributed by atoms with van der Waals surface area (Å²) in [5, 5.41) is 9.55. The summed E-state index contributed by atoms with van der Waals surface area (Å²) in [6.07, 6.45) is -1.03. The van der Waals surface area contributed by atoms with Crippen LogP contribution < -0.4 is 19.1 Å². The van der Waals surface area contributed by atoms with Gasteiger partial charge in [0.1, 0.15) is 23.9 Å². The monoisotopic (exact) mass is 454 g/mol. The molecule has 1 aliphatic heterocycles. The minimum atomic E-state index is -5.10. The largest absolute Gasteiger partial charge is 0.494 e. The Morgan fingerprint density at radius 3 is 1.74 bits per heavy atom. The first-order valence-corrected chi connectivity index (χ1v) is 10.8. The Kier molecular flexibility index (Phi) is 6.52. The first kappa shape index (κ1) is 23.3. The number of halogens is 1. The lowest BCUT2D eigenvalue weighted by molar-refractivity contribution is -0.0350. The normalized spacial score (nSPS) is 18.5. The zero-order valence-corrected chi connectivity index (χ0v) is 18.4. The molecule has 168 valence electrons. The molecule has 0 aliphatic carbocycles. The van der Waals surface area contributed by atoms with E-state index >= 15 is 0 Å². The maximum atomic E-state index is 12.5. The van der Waals surface area contributed by atoms with E-state index in [1.807, 2.05) is 27.7 Å². The average Bonchev–Trinajstić information content (AvgIpc) is 2.89. The molecule has 8 nitrogen and oxygen atoms in total. The highest BCUT2D eigenvalue weighted by atomic mass is 32.3. The molecule has 1 atom stereocenters. The van der Waals surface area contributed by atoms with Crippen LogP contribution in [0, 0.1) is 0 Å². The van der Waals surface area contributed by atoms with Crippen LogP contribution in [0.2, 0.25) is 0 Å². The van der Waals surface area contributed by atoms with Crippen molar-refractivity contribution in [2.45, 2.75) is 45.2 Å². The molecule has 2 aromatic rings. The lowest BCUT2D eigenvalue weighted by atomic mass is 9.79. The summed E-state index contributed by atoms with van der Waals surface area (Å²) in [7, 11) is -5.61. The number of rotatable bonds is 8. The van der Waals surface area contributed by atoms with Crippen LogP contribution in [0.5, 0.6) is 17.2 Å². The second-order valence-electron chi connectivity index (χ2n) is 7.95. The molecule has 1 unspecified atom stereocenters. The van der Waals surface area contributed by atoms with Gasteiger partial charge in [0.05, 0.1) is 11.2 Å². The lowest BCUT2D eigenvalue weighted by Gasteiger charge is -2.32. The highest BCUT2D eigenvalue weighted by molar-refractivity contribution is 7.81. The third-order valence-corrected chi connectivity index (χ3v) is 5.50. The minimum absolute atomic E-state index is 0.213. The summed E-state index contributed by atoms with van der Waals surface area (Å²) in [6, 6.07) is 12.1. The van der Waals surface area contributed by atoms with E-state index in [9.17, 15) is 17.4 Å². The van der Waals surface area contributed by atoms with Crippen LogP contribution in [-0.2, 0) is 19.8 Å². The molecule has 1 fully saturated rings. The SMILES string of the molecule is CC1(C)OB(c2ccc(OC(CO)Oc3ccc(OS(=O)(=O)F)cc3)cc2)OC1(C)C. The van der Waals surface area contributed by atoms with E-state index in [1.54, 1.807) is 24.3 Å². The van der Waals surface area contributed by atoms with Crippen LogP contribution in [0.4, 0.5) is 3.89 Å². The molecule has 11 heteroatoms. The van der Waals surface area contributed by atoms with Crippen LogP contribution in [-0.4, -0.2) is 44.7 Å². The minimum Gasteiger partial charge on any atom is -0.452 e. The van der Waals surface area contributed by atoms with Gasteiger partial charge in [0.15, 0.2) is 0 Å². The average molecular weight is 454 g/mol. The third kappa shape index (κ3) is 5.88. The first-order valence-electron chi connectivity index (χ1n) is 9.52. The summed E-state index contributed by atoms with van der Waals surface area (Å²) in [4.78, 5) is 0. The van der Waals surface area contributed by atoms with Crippen molar-refractivity contribution in [3.8, 4) is 17.2 Å². The van der Waals surface area contributed by atoms with Gasteiger partial charge in [0.25, 0.3) is 6.29 Å². The Labute approximate surface area is 181 Å². The molecule has 0 saturated carbocycles. The van der Waals surface area contributed by atoms with Gasteiger partial charge in [0, 0.05) is 0 Å². The highest BCUT2D eigenvalue weighted by Gasteiger charge is 2.51. The lowest BCUT2D eigenvalue weighted by Crippen LogP contribution is -2.41. The van der Waals surface area contributed by atoms with Gasteiger partial charge in [-0.2, -0.15) is 8.42 Å². The Balaban J connectivity index is 1.61. The fraction of sp³-hybridized carbons (Fsp3) is 0.400. The van der Waals surface area contributed by atoms with Gasteiger partial charge in [-0.15, -0.1) is 0 Å². The molecular weight excluding hydrogens is 430 g/mol. The van der Waals surface area contributed by atoms with Crippen molar-refractivity contribution < 1.29 is 40.4 Å². The fourth-order valence-electron chi connectivity index (χ4n) is 2.77. The van der Waals surface area contributed by atoms with Crippen LogP contribution in [0.15, 0.2) is 48.5 Å². The summed E-state index contributed by atoms with van der Waals surface area (Å²) < 4.78 is 60.8. The van der Waals surface area contributed by atoms with E-state index in [-0.39, 0.29) is 11.5 Å². The Bertz CT molecular complexity index is 977. The van der Waals surface area contributed by atoms with Gasteiger partial charge < -0.3 is 28.1 Å². The molecule has 2 aromatic carbocycles. The van der Waals surface area contributed by atoms with E-state index < -0.39 is 41.7 Å².